The lowest BCUT2D eigenvalue weighted by Crippen LogP contribution is -2.02. The molecule has 0 aliphatic heterocycles. The number of benzene rings is 2. The van der Waals surface area contributed by atoms with Gasteiger partial charge in [0.25, 0.3) is 0 Å². The van der Waals surface area contributed by atoms with Crippen molar-refractivity contribution in [1.29, 1.82) is 5.26 Å². The van der Waals surface area contributed by atoms with Crippen LogP contribution in [0.1, 0.15) is 5.56 Å². The largest absolute Gasteiger partial charge is 0.479 e. The zero-order valence-corrected chi connectivity index (χ0v) is 11.3. The van der Waals surface area contributed by atoms with Crippen LogP contribution < -0.4 is 10.1 Å². The molecule has 0 atom stereocenters. The summed E-state index contributed by atoms with van der Waals surface area (Å²) >= 11 is 5.72. The van der Waals surface area contributed by atoms with Crippen LogP contribution in [0.2, 0.25) is 5.02 Å². The minimum atomic E-state index is -0.407. The molecule has 0 heterocycles. The quantitative estimate of drug-likeness (QED) is 0.905. The van der Waals surface area contributed by atoms with Gasteiger partial charge in [-0.3, -0.25) is 0 Å². The molecule has 1 N–H and O–H groups in total. The summed E-state index contributed by atoms with van der Waals surface area (Å²) in [5, 5.41) is 11.6. The molecule has 102 valence electrons. The Hall–Kier alpha value is -2.25. The van der Waals surface area contributed by atoms with Crippen molar-refractivity contribution in [3.63, 3.8) is 0 Å². The fourth-order valence-electron chi connectivity index (χ4n) is 1.67. The third-order valence-electron chi connectivity index (χ3n) is 2.67. The fourth-order valence-corrected chi connectivity index (χ4v) is 1.86. The van der Waals surface area contributed by atoms with Crippen molar-refractivity contribution >= 4 is 17.3 Å². The minimum absolute atomic E-state index is 0.0144. The van der Waals surface area contributed by atoms with E-state index in [2.05, 4.69) is 5.32 Å². The predicted octanol–water partition coefficient (Wildman–Crippen LogP) is 3.99. The summed E-state index contributed by atoms with van der Waals surface area (Å²) in [6, 6.07) is 13.9. The lowest BCUT2D eigenvalue weighted by Gasteiger charge is -2.09. The van der Waals surface area contributed by atoms with Crippen LogP contribution in [0.5, 0.6) is 5.75 Å². The van der Waals surface area contributed by atoms with Gasteiger partial charge >= 0.3 is 0 Å². The smallest absolute Gasteiger partial charge is 0.174 e. The van der Waals surface area contributed by atoms with Gasteiger partial charge in [0.2, 0.25) is 0 Å². The Kier molecular flexibility index (Phi) is 4.80. The molecule has 20 heavy (non-hydrogen) atoms. The van der Waals surface area contributed by atoms with E-state index in [0.29, 0.717) is 17.9 Å². The standard InChI is InChI=1S/C15H12ClFN2O/c16-14-3-1-2-11(15(14)17)10-19-12-4-6-13(7-5-12)20-9-8-18/h1-7,19H,9-10H2. The summed E-state index contributed by atoms with van der Waals surface area (Å²) in [7, 11) is 0. The van der Waals surface area contributed by atoms with Crippen molar-refractivity contribution in [3.8, 4) is 11.8 Å². The topological polar surface area (TPSA) is 45.0 Å². The van der Waals surface area contributed by atoms with Crippen LogP contribution in [0, 0.1) is 17.1 Å². The SMILES string of the molecule is N#CCOc1ccc(NCc2cccc(Cl)c2F)cc1. The molecule has 2 aromatic carbocycles. The van der Waals surface area contributed by atoms with Gasteiger partial charge in [-0.2, -0.15) is 5.26 Å². The average molecular weight is 291 g/mol. The first kappa shape index (κ1) is 14.2. The van der Waals surface area contributed by atoms with Crippen LogP contribution in [0.3, 0.4) is 0 Å². The number of hydrogen-bond donors (Lipinski definition) is 1. The van der Waals surface area contributed by atoms with E-state index in [9.17, 15) is 4.39 Å². The van der Waals surface area contributed by atoms with Crippen molar-refractivity contribution in [2.45, 2.75) is 6.54 Å². The molecule has 2 aromatic rings. The Balaban J connectivity index is 1.97. The molecular formula is C15H12ClFN2O. The normalized spacial score (nSPS) is 9.85. The molecule has 5 heteroatoms. The maximum Gasteiger partial charge on any atom is 0.174 e. The van der Waals surface area contributed by atoms with E-state index in [1.807, 2.05) is 6.07 Å². The van der Waals surface area contributed by atoms with Gasteiger partial charge in [0.1, 0.15) is 17.6 Å². The third-order valence-corrected chi connectivity index (χ3v) is 2.96. The van der Waals surface area contributed by atoms with Crippen LogP contribution in [-0.2, 0) is 6.54 Å². The zero-order valence-electron chi connectivity index (χ0n) is 10.6. The average Bonchev–Trinajstić information content (AvgIpc) is 2.48. The van der Waals surface area contributed by atoms with E-state index in [1.54, 1.807) is 36.4 Å². The Morgan fingerprint density at radius 1 is 1.20 bits per heavy atom. The van der Waals surface area contributed by atoms with Crippen molar-refractivity contribution < 1.29 is 9.13 Å². The molecule has 0 unspecified atom stereocenters. The van der Waals surface area contributed by atoms with Crippen LogP contribution in [-0.4, -0.2) is 6.61 Å². The maximum absolute atomic E-state index is 13.7. The first-order valence-corrected chi connectivity index (χ1v) is 6.35. The van der Waals surface area contributed by atoms with Crippen molar-refractivity contribution in [3.05, 3.63) is 58.9 Å². The van der Waals surface area contributed by atoms with Crippen LogP contribution >= 0.6 is 11.6 Å². The first-order chi connectivity index (χ1) is 9.70. The Morgan fingerprint density at radius 3 is 2.65 bits per heavy atom. The maximum atomic E-state index is 13.7. The number of halogens is 2. The highest BCUT2D eigenvalue weighted by Crippen LogP contribution is 2.20. The lowest BCUT2D eigenvalue weighted by atomic mass is 10.2. The molecule has 0 amide bonds. The minimum Gasteiger partial charge on any atom is -0.479 e. The second-order valence-corrected chi connectivity index (χ2v) is 4.44. The van der Waals surface area contributed by atoms with E-state index in [4.69, 9.17) is 21.6 Å². The van der Waals surface area contributed by atoms with Gasteiger partial charge in [0.05, 0.1) is 5.02 Å². The summed E-state index contributed by atoms with van der Waals surface area (Å²) in [5.41, 5.74) is 1.33. The molecule has 2 rings (SSSR count). The highest BCUT2D eigenvalue weighted by atomic mass is 35.5. The van der Waals surface area contributed by atoms with Gasteiger partial charge in [-0.25, -0.2) is 4.39 Å². The third kappa shape index (κ3) is 3.62. The summed E-state index contributed by atoms with van der Waals surface area (Å²) in [4.78, 5) is 0. The Bertz CT molecular complexity index is 623. The van der Waals surface area contributed by atoms with Gasteiger partial charge in [-0.1, -0.05) is 23.7 Å². The summed E-state index contributed by atoms with van der Waals surface area (Å²) in [6.45, 7) is 0.352. The van der Waals surface area contributed by atoms with E-state index in [-0.39, 0.29) is 11.6 Å². The summed E-state index contributed by atoms with van der Waals surface area (Å²) in [6.07, 6.45) is 0. The molecule has 3 nitrogen and oxygen atoms in total. The summed E-state index contributed by atoms with van der Waals surface area (Å²) < 4.78 is 18.8. The van der Waals surface area contributed by atoms with Crippen LogP contribution in [0.4, 0.5) is 10.1 Å². The first-order valence-electron chi connectivity index (χ1n) is 5.97. The summed E-state index contributed by atoms with van der Waals surface area (Å²) in [5.74, 6) is 0.210. The molecule has 0 radical (unpaired) electrons. The predicted molar refractivity (Wildman–Crippen MR) is 76.3 cm³/mol. The fraction of sp³-hybridized carbons (Fsp3) is 0.133. The Labute approximate surface area is 121 Å². The molecule has 0 saturated carbocycles. The number of ether oxygens (including phenoxy) is 1. The van der Waals surface area contributed by atoms with E-state index in [0.717, 1.165) is 5.69 Å². The number of rotatable bonds is 5. The van der Waals surface area contributed by atoms with Crippen LogP contribution in [0.25, 0.3) is 0 Å². The number of nitrogens with one attached hydrogen (secondary N) is 1. The zero-order chi connectivity index (χ0) is 14.4. The van der Waals surface area contributed by atoms with E-state index < -0.39 is 5.82 Å². The second-order valence-electron chi connectivity index (χ2n) is 4.04. The van der Waals surface area contributed by atoms with Crippen molar-refractivity contribution in [2.24, 2.45) is 0 Å². The molecule has 0 aliphatic rings. The molecule has 0 saturated heterocycles. The monoisotopic (exact) mass is 290 g/mol. The van der Waals surface area contributed by atoms with Gasteiger partial charge in [0.15, 0.2) is 6.61 Å². The Morgan fingerprint density at radius 2 is 1.95 bits per heavy atom. The molecule has 0 aromatic heterocycles. The second kappa shape index (κ2) is 6.78. The van der Waals surface area contributed by atoms with Crippen molar-refractivity contribution in [2.75, 3.05) is 11.9 Å². The van der Waals surface area contributed by atoms with Gasteiger partial charge in [-0.15, -0.1) is 0 Å². The molecule has 0 aliphatic carbocycles. The number of anilines is 1. The van der Waals surface area contributed by atoms with E-state index in [1.165, 1.54) is 6.07 Å². The molecule has 0 spiro atoms. The van der Waals surface area contributed by atoms with Crippen LogP contribution in [0.15, 0.2) is 42.5 Å². The molecule has 0 fully saturated rings. The highest BCUT2D eigenvalue weighted by molar-refractivity contribution is 6.30. The molecular weight excluding hydrogens is 279 g/mol. The lowest BCUT2D eigenvalue weighted by molar-refractivity contribution is 0.368. The van der Waals surface area contributed by atoms with Gasteiger partial charge < -0.3 is 10.1 Å². The number of hydrogen-bond acceptors (Lipinski definition) is 3. The number of nitrogens with zero attached hydrogens (tertiary/aromatic N) is 1. The van der Waals surface area contributed by atoms with Crippen molar-refractivity contribution in [1.82, 2.24) is 0 Å². The highest BCUT2D eigenvalue weighted by Gasteiger charge is 2.05. The van der Waals surface area contributed by atoms with E-state index >= 15 is 0 Å². The molecule has 0 bridgehead atoms. The number of nitriles is 1. The van der Waals surface area contributed by atoms with Gasteiger partial charge in [-0.05, 0) is 30.3 Å². The van der Waals surface area contributed by atoms with Gasteiger partial charge in [0, 0.05) is 17.8 Å².